The Bertz CT molecular complexity index is 539. The van der Waals surface area contributed by atoms with Crippen LogP contribution in [-0.2, 0) is 4.84 Å². The Morgan fingerprint density at radius 3 is 2.73 bits per heavy atom. The first-order valence-corrected chi connectivity index (χ1v) is 7.51. The van der Waals surface area contributed by atoms with Crippen molar-refractivity contribution in [3.05, 3.63) is 28.2 Å². The molecule has 0 atom stereocenters. The topological polar surface area (TPSA) is 60.6 Å². The molecule has 0 aliphatic carbocycles. The van der Waals surface area contributed by atoms with Crippen LogP contribution < -0.4 is 5.32 Å². The monoisotopic (exact) mass is 362 g/mol. The lowest BCUT2D eigenvalue weighted by Crippen LogP contribution is -2.33. The zero-order valence-electron chi connectivity index (χ0n) is 11.9. The number of para-hydroxylation sites is 1. The maximum atomic E-state index is 8.48. The highest BCUT2D eigenvalue weighted by molar-refractivity contribution is 6.39. The lowest BCUT2D eigenvalue weighted by molar-refractivity contribution is -0.0922. The van der Waals surface area contributed by atoms with E-state index in [1.807, 2.05) is 0 Å². The van der Waals surface area contributed by atoms with Gasteiger partial charge >= 0.3 is 0 Å². The van der Waals surface area contributed by atoms with Crippen LogP contribution in [0.4, 0.5) is 5.69 Å². The number of halogens is 3. The number of nitrogens with one attached hydrogen (secondary N) is 1. The van der Waals surface area contributed by atoms with E-state index in [4.69, 9.17) is 33.3 Å². The molecule has 0 bridgehead atoms. The van der Waals surface area contributed by atoms with Crippen molar-refractivity contribution in [3.63, 3.8) is 0 Å². The highest BCUT2D eigenvalue weighted by Crippen LogP contribution is 2.30. The van der Waals surface area contributed by atoms with Crippen LogP contribution in [0, 0.1) is 11.3 Å². The number of nitriles is 1. The first-order chi connectivity index (χ1) is 10.2. The molecule has 0 aromatic heterocycles. The fourth-order valence-electron chi connectivity index (χ4n) is 1.87. The lowest BCUT2D eigenvalue weighted by atomic mass is 10.3. The molecule has 1 heterocycles. The third-order valence-corrected chi connectivity index (χ3v) is 3.56. The molecule has 2 rings (SSSR count). The Balaban J connectivity index is 0.00000242. The Labute approximate surface area is 146 Å². The van der Waals surface area contributed by atoms with E-state index < -0.39 is 0 Å². The fourth-order valence-corrected chi connectivity index (χ4v) is 2.36. The van der Waals surface area contributed by atoms with E-state index in [2.05, 4.69) is 16.4 Å². The average Bonchev–Trinajstić information content (AvgIpc) is 2.90. The minimum absolute atomic E-state index is 0. The van der Waals surface area contributed by atoms with Gasteiger partial charge in [-0.2, -0.15) is 5.26 Å². The lowest BCUT2D eigenvalue weighted by Gasteiger charge is -2.21. The number of anilines is 1. The zero-order chi connectivity index (χ0) is 15.1. The van der Waals surface area contributed by atoms with Gasteiger partial charge in [0, 0.05) is 6.42 Å². The van der Waals surface area contributed by atoms with E-state index in [9.17, 15) is 0 Å². The second-order valence-electron chi connectivity index (χ2n) is 4.48. The molecule has 0 spiro atoms. The van der Waals surface area contributed by atoms with Gasteiger partial charge in [-0.1, -0.05) is 29.3 Å². The summed E-state index contributed by atoms with van der Waals surface area (Å²) in [7, 11) is 0. The summed E-state index contributed by atoms with van der Waals surface area (Å²) < 4.78 is 0. The average molecular weight is 364 g/mol. The molecule has 1 aromatic rings. The molecule has 0 saturated heterocycles. The summed E-state index contributed by atoms with van der Waals surface area (Å²) in [6.07, 6.45) is 2.22. The van der Waals surface area contributed by atoms with Gasteiger partial charge in [-0.25, -0.2) is 10.1 Å². The number of unbranched alkanes of at least 4 members (excludes halogenated alkanes) is 2. The number of hydrogen-bond donors (Lipinski definition) is 1. The molecule has 0 unspecified atom stereocenters. The predicted molar refractivity (Wildman–Crippen MR) is 91.8 cm³/mol. The number of nitrogens with zero attached hydrogens (tertiary/aromatic N) is 3. The molecule has 8 heteroatoms. The Morgan fingerprint density at radius 1 is 1.32 bits per heavy atom. The van der Waals surface area contributed by atoms with Crippen molar-refractivity contribution >= 4 is 47.3 Å². The summed E-state index contributed by atoms with van der Waals surface area (Å²) in [4.78, 5) is 10.0. The number of hydrogen-bond acceptors (Lipinski definition) is 5. The SMILES string of the molecule is Cl.N#CCCCCON1CCN=C1Nc1c(Cl)cccc1Cl. The largest absolute Gasteiger partial charge is 0.322 e. The molecular weight excluding hydrogens is 347 g/mol. The smallest absolute Gasteiger partial charge is 0.223 e. The van der Waals surface area contributed by atoms with Crippen LogP contribution in [0.1, 0.15) is 19.3 Å². The number of hydroxylamine groups is 2. The molecule has 0 radical (unpaired) electrons. The van der Waals surface area contributed by atoms with Crippen molar-refractivity contribution < 1.29 is 4.84 Å². The molecule has 1 aliphatic heterocycles. The second kappa shape index (κ2) is 9.75. The van der Waals surface area contributed by atoms with E-state index in [0.29, 0.717) is 47.8 Å². The molecule has 0 fully saturated rings. The maximum absolute atomic E-state index is 8.48. The predicted octanol–water partition coefficient (Wildman–Crippen LogP) is 4.12. The summed E-state index contributed by atoms with van der Waals surface area (Å²) >= 11 is 12.3. The highest BCUT2D eigenvalue weighted by atomic mass is 35.5. The van der Waals surface area contributed by atoms with Gasteiger partial charge in [-0.15, -0.1) is 12.4 Å². The Morgan fingerprint density at radius 2 is 2.05 bits per heavy atom. The zero-order valence-corrected chi connectivity index (χ0v) is 14.2. The molecule has 0 saturated carbocycles. The first-order valence-electron chi connectivity index (χ1n) is 6.75. The molecule has 1 aliphatic rings. The van der Waals surface area contributed by atoms with Crippen LogP contribution >= 0.6 is 35.6 Å². The van der Waals surface area contributed by atoms with Crippen LogP contribution in [-0.4, -0.2) is 30.7 Å². The van der Waals surface area contributed by atoms with Gasteiger partial charge in [0.25, 0.3) is 0 Å². The molecular formula is C14H17Cl3N4O. The Hall–Kier alpha value is -1.19. The normalized spacial score (nSPS) is 13.3. The molecule has 0 amide bonds. The number of guanidine groups is 1. The molecule has 5 nitrogen and oxygen atoms in total. The van der Waals surface area contributed by atoms with E-state index in [1.54, 1.807) is 23.3 Å². The van der Waals surface area contributed by atoms with E-state index in [-0.39, 0.29) is 12.4 Å². The van der Waals surface area contributed by atoms with Gasteiger partial charge in [-0.05, 0) is 25.0 Å². The van der Waals surface area contributed by atoms with Gasteiger partial charge in [0.15, 0.2) is 0 Å². The first kappa shape index (κ1) is 18.9. The van der Waals surface area contributed by atoms with Crippen molar-refractivity contribution in [1.82, 2.24) is 5.06 Å². The van der Waals surface area contributed by atoms with E-state index in [1.165, 1.54) is 0 Å². The van der Waals surface area contributed by atoms with Crippen LogP contribution in [0.3, 0.4) is 0 Å². The molecule has 1 aromatic carbocycles. The Kier molecular flexibility index (Phi) is 8.36. The van der Waals surface area contributed by atoms with Crippen molar-refractivity contribution in [2.24, 2.45) is 4.99 Å². The second-order valence-corrected chi connectivity index (χ2v) is 5.29. The van der Waals surface area contributed by atoms with Crippen molar-refractivity contribution in [2.45, 2.75) is 19.3 Å². The molecule has 120 valence electrons. The van der Waals surface area contributed by atoms with Gasteiger partial charge < -0.3 is 5.32 Å². The summed E-state index contributed by atoms with van der Waals surface area (Å²) in [5.41, 5.74) is 0.625. The van der Waals surface area contributed by atoms with Crippen LogP contribution in [0.25, 0.3) is 0 Å². The number of benzene rings is 1. The minimum atomic E-state index is 0. The van der Waals surface area contributed by atoms with Crippen LogP contribution in [0.15, 0.2) is 23.2 Å². The maximum Gasteiger partial charge on any atom is 0.223 e. The van der Waals surface area contributed by atoms with Crippen molar-refractivity contribution in [2.75, 3.05) is 25.0 Å². The van der Waals surface area contributed by atoms with Gasteiger partial charge in [0.1, 0.15) is 0 Å². The summed E-state index contributed by atoms with van der Waals surface area (Å²) in [5, 5.41) is 14.4. The van der Waals surface area contributed by atoms with Crippen molar-refractivity contribution in [1.29, 1.82) is 5.26 Å². The van der Waals surface area contributed by atoms with Gasteiger partial charge in [-0.3, -0.25) is 4.84 Å². The van der Waals surface area contributed by atoms with E-state index in [0.717, 1.165) is 12.8 Å². The van der Waals surface area contributed by atoms with Gasteiger partial charge in [0.05, 0.1) is 41.5 Å². The van der Waals surface area contributed by atoms with E-state index >= 15 is 0 Å². The third kappa shape index (κ3) is 5.22. The van der Waals surface area contributed by atoms with Crippen LogP contribution in [0.5, 0.6) is 0 Å². The quantitative estimate of drug-likeness (QED) is 0.772. The fraction of sp³-hybridized carbons (Fsp3) is 0.429. The third-order valence-electron chi connectivity index (χ3n) is 2.93. The summed E-state index contributed by atoms with van der Waals surface area (Å²) in [6.45, 7) is 1.89. The summed E-state index contributed by atoms with van der Waals surface area (Å²) in [5.74, 6) is 0.602. The molecule has 22 heavy (non-hydrogen) atoms. The number of aliphatic imine (C=N–C) groups is 1. The standard InChI is InChI=1S/C14H16Cl2N4O.ClH/c15-11-5-4-6-12(16)13(11)19-14-18-8-9-20(14)21-10-3-1-2-7-17;/h4-6H,1-3,8-10H2,(H,18,19);1H. The highest BCUT2D eigenvalue weighted by Gasteiger charge is 2.19. The minimum Gasteiger partial charge on any atom is -0.322 e. The van der Waals surface area contributed by atoms with Crippen LogP contribution in [0.2, 0.25) is 10.0 Å². The molecule has 1 N–H and O–H groups in total. The number of rotatable bonds is 6. The van der Waals surface area contributed by atoms with Crippen molar-refractivity contribution in [3.8, 4) is 6.07 Å². The summed E-state index contributed by atoms with van der Waals surface area (Å²) in [6, 6.07) is 7.43. The van der Waals surface area contributed by atoms with Gasteiger partial charge in [0.2, 0.25) is 5.96 Å².